The van der Waals surface area contributed by atoms with E-state index in [1.165, 1.54) is 0 Å². The van der Waals surface area contributed by atoms with Crippen LogP contribution in [0.3, 0.4) is 0 Å². The molecule has 0 saturated carbocycles. The smallest absolute Gasteiger partial charge is 1.00 e. The van der Waals surface area contributed by atoms with E-state index in [4.69, 9.17) is 0 Å². The molecule has 0 aromatic heterocycles. The van der Waals surface area contributed by atoms with Crippen molar-refractivity contribution >= 4 is 0 Å². The molecule has 0 nitrogen and oxygen atoms in total. The van der Waals surface area contributed by atoms with Crippen LogP contribution >= 0.6 is 0 Å². The van der Waals surface area contributed by atoms with Gasteiger partial charge in [0, 0.05) is 0 Å². The Bertz CT molecular complexity index is 149. The van der Waals surface area contributed by atoms with Gasteiger partial charge in [-0.2, -0.15) is 36.4 Å². The average Bonchev–Trinajstić information content (AvgIpc) is 2.67. The van der Waals surface area contributed by atoms with Crippen LogP contribution < -0.4 is 0 Å². The van der Waals surface area contributed by atoms with Crippen molar-refractivity contribution in [3.8, 4) is 0 Å². The standard InChI is InChI=1S/2C5H5.Zr.H/c2*1-2-4-5-3-1;;/h2*1-5H;;/q2*-1;+2;-1. The van der Waals surface area contributed by atoms with E-state index in [1.807, 2.05) is 60.7 Å². The molecule has 0 unspecified atom stereocenters. The second-order valence-corrected chi connectivity index (χ2v) is 1.92. The summed E-state index contributed by atoms with van der Waals surface area (Å²) in [5, 5.41) is 0. The van der Waals surface area contributed by atoms with Crippen LogP contribution in [0.5, 0.6) is 0 Å². The van der Waals surface area contributed by atoms with Crippen LogP contribution in [0.1, 0.15) is 1.43 Å². The van der Waals surface area contributed by atoms with E-state index < -0.39 is 0 Å². The molecule has 56 valence electrons. The van der Waals surface area contributed by atoms with Crippen molar-refractivity contribution in [2.45, 2.75) is 0 Å². The normalized spacial score (nSPS) is 7.27. The maximum Gasteiger partial charge on any atom is 2.00 e. The predicted octanol–water partition coefficient (Wildman–Crippen LogP) is 2.92. The Balaban J connectivity index is 0. The van der Waals surface area contributed by atoms with Crippen LogP contribution in [0.15, 0.2) is 60.7 Å². The monoisotopic (exact) mass is 221 g/mol. The zero-order valence-corrected chi connectivity index (χ0v) is 8.73. The summed E-state index contributed by atoms with van der Waals surface area (Å²) in [5.41, 5.74) is 0. The Hall–Kier alpha value is -0.417. The van der Waals surface area contributed by atoms with Crippen molar-refractivity contribution < 1.29 is 27.6 Å². The Kier molecular flexibility index (Phi) is 7.40. The van der Waals surface area contributed by atoms with Crippen LogP contribution in [-0.2, 0) is 26.2 Å². The van der Waals surface area contributed by atoms with Gasteiger partial charge >= 0.3 is 26.2 Å². The van der Waals surface area contributed by atoms with E-state index in [0.29, 0.717) is 0 Å². The maximum atomic E-state index is 2.00. The van der Waals surface area contributed by atoms with Crippen molar-refractivity contribution in [1.82, 2.24) is 0 Å². The summed E-state index contributed by atoms with van der Waals surface area (Å²) in [7, 11) is 0. The molecule has 11 heavy (non-hydrogen) atoms. The summed E-state index contributed by atoms with van der Waals surface area (Å²) < 4.78 is 0. The molecule has 0 heterocycles. The van der Waals surface area contributed by atoms with Crippen molar-refractivity contribution in [3.05, 3.63) is 60.7 Å². The summed E-state index contributed by atoms with van der Waals surface area (Å²) in [5.74, 6) is 0. The summed E-state index contributed by atoms with van der Waals surface area (Å²) in [6.07, 6.45) is 0. The van der Waals surface area contributed by atoms with Crippen LogP contribution in [0.25, 0.3) is 0 Å². The Labute approximate surface area is 88.2 Å². The molecule has 0 atom stereocenters. The molecule has 0 fully saturated rings. The molecule has 2 aromatic rings. The first-order valence-electron chi connectivity index (χ1n) is 3.33. The van der Waals surface area contributed by atoms with Crippen LogP contribution in [0.2, 0.25) is 0 Å². The van der Waals surface area contributed by atoms with E-state index in [-0.39, 0.29) is 27.6 Å². The zero-order chi connectivity index (χ0) is 7.07. The average molecular weight is 222 g/mol. The third-order valence-corrected chi connectivity index (χ3v) is 1.11. The van der Waals surface area contributed by atoms with Gasteiger partial charge in [0.05, 0.1) is 0 Å². The van der Waals surface area contributed by atoms with Gasteiger partial charge in [0.2, 0.25) is 0 Å². The Morgan fingerprint density at radius 3 is 1.00 bits per heavy atom. The van der Waals surface area contributed by atoms with E-state index in [1.54, 1.807) is 0 Å². The van der Waals surface area contributed by atoms with Crippen molar-refractivity contribution in [1.29, 1.82) is 0 Å². The molecular weight excluding hydrogens is 211 g/mol. The third-order valence-electron chi connectivity index (χ3n) is 1.11. The minimum Gasteiger partial charge on any atom is -1.00 e. The summed E-state index contributed by atoms with van der Waals surface area (Å²) in [4.78, 5) is 0. The largest absolute Gasteiger partial charge is 2.00 e. The quantitative estimate of drug-likeness (QED) is 0.601. The molecule has 0 bridgehead atoms. The topological polar surface area (TPSA) is 0 Å². The van der Waals surface area contributed by atoms with Gasteiger partial charge in [0.15, 0.2) is 0 Å². The molecule has 0 aliphatic carbocycles. The molecule has 0 amide bonds. The molecule has 2 aromatic carbocycles. The Morgan fingerprint density at radius 2 is 0.909 bits per heavy atom. The molecule has 0 aliphatic heterocycles. The molecule has 0 radical (unpaired) electrons. The van der Waals surface area contributed by atoms with Crippen molar-refractivity contribution in [3.63, 3.8) is 0 Å². The molecule has 2 rings (SSSR count). The summed E-state index contributed by atoms with van der Waals surface area (Å²) in [6.45, 7) is 0. The minimum atomic E-state index is 0. The molecule has 0 aliphatic rings. The predicted molar refractivity (Wildman–Crippen MR) is 45.2 cm³/mol. The second-order valence-electron chi connectivity index (χ2n) is 1.92. The third kappa shape index (κ3) is 6.00. The van der Waals surface area contributed by atoms with Crippen LogP contribution in [0, 0.1) is 0 Å². The van der Waals surface area contributed by atoms with Gasteiger partial charge in [-0.15, -0.1) is 0 Å². The minimum absolute atomic E-state index is 0. The van der Waals surface area contributed by atoms with Gasteiger partial charge in [-0.1, -0.05) is 0 Å². The molecule has 0 spiro atoms. The zero-order valence-electron chi connectivity index (χ0n) is 7.27. The van der Waals surface area contributed by atoms with E-state index in [9.17, 15) is 0 Å². The van der Waals surface area contributed by atoms with Crippen LogP contribution in [-0.4, -0.2) is 0 Å². The molecule has 0 N–H and O–H groups in total. The Morgan fingerprint density at radius 1 is 0.636 bits per heavy atom. The van der Waals surface area contributed by atoms with Crippen molar-refractivity contribution in [2.75, 3.05) is 0 Å². The van der Waals surface area contributed by atoms with Gasteiger partial charge in [-0.3, -0.25) is 0 Å². The van der Waals surface area contributed by atoms with E-state index in [0.717, 1.165) is 0 Å². The first-order chi connectivity index (χ1) is 5.00. The first kappa shape index (κ1) is 10.6. The fourth-order valence-corrected chi connectivity index (χ4v) is 0.642. The van der Waals surface area contributed by atoms with Gasteiger partial charge in [-0.05, 0) is 0 Å². The maximum absolute atomic E-state index is 2.00. The van der Waals surface area contributed by atoms with Gasteiger partial charge in [-0.25, -0.2) is 24.3 Å². The molecule has 1 heteroatoms. The SMILES string of the molecule is [H-].[Zr+2].c1cc[cH-]c1.c1cc[cH-]c1. The molecule has 0 saturated heterocycles. The second kappa shape index (κ2) is 7.69. The van der Waals surface area contributed by atoms with E-state index >= 15 is 0 Å². The van der Waals surface area contributed by atoms with Gasteiger partial charge < -0.3 is 1.43 Å². The van der Waals surface area contributed by atoms with E-state index in [2.05, 4.69) is 0 Å². The van der Waals surface area contributed by atoms with Crippen molar-refractivity contribution in [2.24, 2.45) is 0 Å². The number of hydrogen-bond donors (Lipinski definition) is 0. The van der Waals surface area contributed by atoms with Crippen LogP contribution in [0.4, 0.5) is 0 Å². The fourth-order valence-electron chi connectivity index (χ4n) is 0.642. The number of rotatable bonds is 0. The summed E-state index contributed by atoms with van der Waals surface area (Å²) >= 11 is 0. The first-order valence-corrected chi connectivity index (χ1v) is 3.33. The molecular formula is C10H11Zr-. The van der Waals surface area contributed by atoms with Gasteiger partial charge in [0.1, 0.15) is 0 Å². The fraction of sp³-hybridized carbons (Fsp3) is 0. The summed E-state index contributed by atoms with van der Waals surface area (Å²) in [6, 6.07) is 20.0. The number of hydrogen-bond acceptors (Lipinski definition) is 0. The van der Waals surface area contributed by atoms with Gasteiger partial charge in [0.25, 0.3) is 0 Å².